The van der Waals surface area contributed by atoms with Crippen LogP contribution in [0.1, 0.15) is 16.1 Å². The molecule has 3 aromatic rings. The number of sulfonamides is 1. The molecule has 1 aromatic carbocycles. The summed E-state index contributed by atoms with van der Waals surface area (Å²) in [7, 11) is -3.73. The van der Waals surface area contributed by atoms with Crippen LogP contribution in [-0.4, -0.2) is 34.7 Å². The van der Waals surface area contributed by atoms with Crippen LogP contribution < -0.4 is 5.73 Å². The zero-order chi connectivity index (χ0) is 19.9. The van der Waals surface area contributed by atoms with Crippen LogP contribution in [0.25, 0.3) is 11.3 Å². The van der Waals surface area contributed by atoms with Crippen LogP contribution in [0.3, 0.4) is 0 Å². The third kappa shape index (κ3) is 2.99. The Morgan fingerprint density at radius 3 is 2.39 bits per heavy atom. The lowest BCUT2D eigenvalue weighted by molar-refractivity contribution is 0.0998. The smallest absolute Gasteiger partial charge is 0.252 e. The predicted octanol–water partition coefficient (Wildman–Crippen LogP) is 2.51. The minimum absolute atomic E-state index is 0.00941. The first-order valence-corrected chi connectivity index (χ1v) is 10.4. The van der Waals surface area contributed by atoms with Gasteiger partial charge in [-0.25, -0.2) is 8.42 Å². The van der Waals surface area contributed by atoms with Crippen LogP contribution in [0.4, 0.5) is 0 Å². The van der Waals surface area contributed by atoms with E-state index in [0.717, 1.165) is 5.56 Å². The number of primary amides is 1. The number of rotatable bonds is 4. The van der Waals surface area contributed by atoms with Crippen molar-refractivity contribution in [2.45, 2.75) is 18.0 Å². The van der Waals surface area contributed by atoms with E-state index in [-0.39, 0.29) is 28.6 Å². The topological polar surface area (TPSA) is 98.3 Å². The van der Waals surface area contributed by atoms with Gasteiger partial charge >= 0.3 is 0 Å². The Bertz CT molecular complexity index is 1140. The van der Waals surface area contributed by atoms with E-state index in [0.29, 0.717) is 17.9 Å². The first-order valence-electron chi connectivity index (χ1n) is 8.57. The fourth-order valence-corrected chi connectivity index (χ4v) is 5.29. The van der Waals surface area contributed by atoms with Gasteiger partial charge in [0, 0.05) is 31.2 Å². The average Bonchev–Trinajstić information content (AvgIpc) is 3.00. The summed E-state index contributed by atoms with van der Waals surface area (Å²) in [5, 5.41) is 0.247. The second kappa shape index (κ2) is 7.05. The number of carbonyl (C=O) groups excluding carboxylic acids is 1. The molecule has 1 amide bonds. The molecule has 9 heteroatoms. The third-order valence-electron chi connectivity index (χ3n) is 4.79. The van der Waals surface area contributed by atoms with E-state index >= 15 is 0 Å². The number of aromatic nitrogens is 2. The van der Waals surface area contributed by atoms with Crippen molar-refractivity contribution < 1.29 is 13.2 Å². The third-order valence-corrected chi connectivity index (χ3v) is 7.02. The molecule has 0 bridgehead atoms. The molecule has 0 radical (unpaired) electrons. The maximum absolute atomic E-state index is 13.0. The van der Waals surface area contributed by atoms with E-state index < -0.39 is 15.9 Å². The Labute approximate surface area is 167 Å². The largest absolute Gasteiger partial charge is 0.365 e. The van der Waals surface area contributed by atoms with Crippen molar-refractivity contribution in [2.24, 2.45) is 5.73 Å². The molecule has 0 unspecified atom stereocenters. The summed E-state index contributed by atoms with van der Waals surface area (Å²) >= 11 is 6.53. The number of benzene rings is 1. The summed E-state index contributed by atoms with van der Waals surface area (Å²) in [6.07, 6.45) is 2.86. The average molecular weight is 417 g/mol. The number of nitrogens with zero attached hydrogens (tertiary/aromatic N) is 3. The molecule has 0 spiro atoms. The summed E-state index contributed by atoms with van der Waals surface area (Å²) in [5.74, 6) is -0.681. The highest BCUT2D eigenvalue weighted by atomic mass is 35.5. The molecule has 28 heavy (non-hydrogen) atoms. The van der Waals surface area contributed by atoms with Gasteiger partial charge in [-0.05, 0) is 17.7 Å². The fourth-order valence-electron chi connectivity index (χ4n) is 3.50. The second-order valence-corrected chi connectivity index (χ2v) is 8.70. The van der Waals surface area contributed by atoms with Crippen molar-refractivity contribution in [1.29, 1.82) is 0 Å². The summed E-state index contributed by atoms with van der Waals surface area (Å²) in [6.45, 7) is 0.618. The number of fused-ring (bicyclic) bond motifs is 1. The molecule has 2 N–H and O–H groups in total. The number of carbonyl (C=O) groups is 1. The highest BCUT2D eigenvalue weighted by molar-refractivity contribution is 7.89. The lowest BCUT2D eigenvalue weighted by atomic mass is 10.1. The zero-order valence-electron chi connectivity index (χ0n) is 14.7. The van der Waals surface area contributed by atoms with E-state index in [9.17, 15) is 13.2 Å². The molecule has 2 aromatic heterocycles. The number of hydrogen-bond donors (Lipinski definition) is 1. The van der Waals surface area contributed by atoms with Crippen molar-refractivity contribution in [3.05, 3.63) is 71.1 Å². The van der Waals surface area contributed by atoms with Gasteiger partial charge in [-0.3, -0.25) is 9.78 Å². The van der Waals surface area contributed by atoms with Gasteiger partial charge in [-0.15, -0.1) is 0 Å². The van der Waals surface area contributed by atoms with Gasteiger partial charge in [0.25, 0.3) is 5.91 Å². The number of amides is 1. The lowest BCUT2D eigenvalue weighted by Gasteiger charge is -2.29. The minimum Gasteiger partial charge on any atom is -0.365 e. The molecule has 1 aliphatic rings. The number of nitrogens with two attached hydrogens (primary N) is 1. The molecule has 144 valence electrons. The van der Waals surface area contributed by atoms with Crippen molar-refractivity contribution in [1.82, 2.24) is 13.9 Å². The zero-order valence-corrected chi connectivity index (χ0v) is 16.3. The Morgan fingerprint density at radius 1 is 1.07 bits per heavy atom. The van der Waals surface area contributed by atoms with Crippen LogP contribution in [0.15, 0.2) is 59.8 Å². The molecule has 0 aliphatic carbocycles. The van der Waals surface area contributed by atoms with E-state index in [1.54, 1.807) is 0 Å². The van der Waals surface area contributed by atoms with E-state index in [1.165, 1.54) is 28.8 Å². The highest BCUT2D eigenvalue weighted by Crippen LogP contribution is 2.38. The molecular formula is C19H17ClN4O3S. The summed E-state index contributed by atoms with van der Waals surface area (Å²) in [6, 6.07) is 12.3. The Morgan fingerprint density at radius 2 is 1.75 bits per heavy atom. The van der Waals surface area contributed by atoms with Gasteiger partial charge in [0.05, 0.1) is 27.7 Å². The van der Waals surface area contributed by atoms with Gasteiger partial charge < -0.3 is 10.3 Å². The van der Waals surface area contributed by atoms with Gasteiger partial charge in [-0.2, -0.15) is 4.31 Å². The Balaban J connectivity index is 1.82. The van der Waals surface area contributed by atoms with Crippen LogP contribution in [-0.2, 0) is 23.1 Å². The molecule has 3 heterocycles. The van der Waals surface area contributed by atoms with Crippen molar-refractivity contribution in [3.8, 4) is 11.3 Å². The molecule has 0 fully saturated rings. The first-order chi connectivity index (χ1) is 13.4. The number of pyridine rings is 1. The molecule has 0 atom stereocenters. The lowest BCUT2D eigenvalue weighted by Crippen LogP contribution is -2.39. The predicted molar refractivity (Wildman–Crippen MR) is 105 cm³/mol. The molecule has 4 rings (SSSR count). The van der Waals surface area contributed by atoms with Crippen LogP contribution in [0.5, 0.6) is 0 Å². The van der Waals surface area contributed by atoms with Crippen molar-refractivity contribution in [3.63, 3.8) is 0 Å². The SMILES string of the molecule is NC(=O)c1c(Cl)c(-c2ccccc2)n2c1CN(S(=O)(=O)c1ccncc1)CC2. The molecule has 0 saturated heterocycles. The van der Waals surface area contributed by atoms with Gasteiger partial charge in [0.2, 0.25) is 10.0 Å². The fraction of sp³-hybridized carbons (Fsp3) is 0.158. The minimum atomic E-state index is -3.73. The van der Waals surface area contributed by atoms with E-state index in [1.807, 2.05) is 34.9 Å². The van der Waals surface area contributed by atoms with Crippen LogP contribution in [0, 0.1) is 0 Å². The second-order valence-electron chi connectivity index (χ2n) is 6.39. The van der Waals surface area contributed by atoms with Crippen molar-refractivity contribution in [2.75, 3.05) is 6.54 Å². The summed E-state index contributed by atoms with van der Waals surface area (Å²) < 4.78 is 29.2. The van der Waals surface area contributed by atoms with E-state index in [4.69, 9.17) is 17.3 Å². The van der Waals surface area contributed by atoms with E-state index in [2.05, 4.69) is 4.98 Å². The molecule has 7 nitrogen and oxygen atoms in total. The monoisotopic (exact) mass is 416 g/mol. The van der Waals surface area contributed by atoms with Crippen LogP contribution >= 0.6 is 11.6 Å². The first kappa shape index (κ1) is 18.7. The van der Waals surface area contributed by atoms with Gasteiger partial charge in [0.15, 0.2) is 0 Å². The Hall–Kier alpha value is -2.68. The normalized spacial score (nSPS) is 14.6. The van der Waals surface area contributed by atoms with Gasteiger partial charge in [0.1, 0.15) is 0 Å². The van der Waals surface area contributed by atoms with Gasteiger partial charge in [-0.1, -0.05) is 41.9 Å². The number of halogens is 1. The molecule has 0 saturated carbocycles. The molecular weight excluding hydrogens is 400 g/mol. The quantitative estimate of drug-likeness (QED) is 0.706. The maximum atomic E-state index is 13.0. The molecule has 1 aliphatic heterocycles. The standard InChI is InChI=1S/C19H17ClN4O3S/c20-17-16(19(21)25)15-12-23(28(26,27)14-6-8-22-9-7-14)10-11-24(15)18(17)13-4-2-1-3-5-13/h1-9H,10-12H2,(H2,21,25). The number of hydrogen-bond acceptors (Lipinski definition) is 4. The highest BCUT2D eigenvalue weighted by Gasteiger charge is 2.34. The Kier molecular flexibility index (Phi) is 4.70. The van der Waals surface area contributed by atoms with Crippen LogP contribution in [0.2, 0.25) is 5.02 Å². The van der Waals surface area contributed by atoms with Crippen molar-refractivity contribution >= 4 is 27.5 Å². The maximum Gasteiger partial charge on any atom is 0.252 e. The summed E-state index contributed by atoms with van der Waals surface area (Å²) in [5.41, 5.74) is 7.76. The summed E-state index contributed by atoms with van der Waals surface area (Å²) in [4.78, 5) is 16.1.